The number of hydrogen-bond donors (Lipinski definition) is 4. The van der Waals surface area contributed by atoms with E-state index in [1.807, 2.05) is 6.92 Å². The van der Waals surface area contributed by atoms with Crippen LogP contribution in [0.3, 0.4) is 0 Å². The van der Waals surface area contributed by atoms with Gasteiger partial charge in [0.1, 0.15) is 6.61 Å². The summed E-state index contributed by atoms with van der Waals surface area (Å²) in [5.74, 6) is -0.160. The minimum Gasteiger partial charge on any atom is -0.379 e. The van der Waals surface area contributed by atoms with Crippen LogP contribution in [0.1, 0.15) is 26.2 Å². The Labute approximate surface area is 186 Å². The maximum atomic E-state index is 11.3. The average molecular weight is 446 g/mol. The maximum Gasteiger partial charge on any atom is 0.246 e. The highest BCUT2D eigenvalue weighted by Gasteiger charge is 2.05. The number of nitrogens with two attached hydrogens (primary N) is 2. The largest absolute Gasteiger partial charge is 0.379 e. The minimum atomic E-state index is -0.554. The van der Waals surface area contributed by atoms with E-state index in [-0.39, 0.29) is 12.5 Å². The van der Waals surface area contributed by atoms with Crippen molar-refractivity contribution < 1.29 is 33.3 Å². The predicted octanol–water partition coefficient (Wildman–Crippen LogP) is -1.93. The lowest BCUT2D eigenvalue weighted by Crippen LogP contribution is -2.31. The van der Waals surface area contributed by atoms with Gasteiger partial charge in [0.05, 0.1) is 51.4 Å². The second-order valence-corrected chi connectivity index (χ2v) is 6.19. The summed E-state index contributed by atoms with van der Waals surface area (Å²) in [6, 6.07) is -0.554. The van der Waals surface area contributed by atoms with Gasteiger partial charge in [0.15, 0.2) is 7.85 Å². The van der Waals surface area contributed by atoms with Gasteiger partial charge >= 0.3 is 0 Å². The van der Waals surface area contributed by atoms with E-state index in [0.29, 0.717) is 78.7 Å². The standard InChI is InChI=1S/C12H26N2O5.C7H13BN2O2/c1-2-16-7-8-18-6-4-14-12(15)11-19-10-9-17-5-3-13;8-7(12)6(9)3-1-2-4-10-5-11/h2-11,13H2,1H3,(H,14,15);5-6H,1-4,9H2,(H,10,11)/t;6-/m.0/s1. The van der Waals surface area contributed by atoms with Gasteiger partial charge in [0, 0.05) is 26.2 Å². The van der Waals surface area contributed by atoms with E-state index in [4.69, 9.17) is 38.3 Å². The molecule has 6 N–H and O–H groups in total. The van der Waals surface area contributed by atoms with E-state index in [1.54, 1.807) is 0 Å². The highest BCUT2D eigenvalue weighted by Crippen LogP contribution is 1.97. The Morgan fingerprint density at radius 3 is 2.23 bits per heavy atom. The number of rotatable bonds is 21. The first-order valence-electron chi connectivity index (χ1n) is 10.5. The van der Waals surface area contributed by atoms with Crippen LogP contribution in [0.4, 0.5) is 0 Å². The molecule has 180 valence electrons. The van der Waals surface area contributed by atoms with Crippen LogP contribution in [0.5, 0.6) is 0 Å². The number of nitrogens with one attached hydrogen (secondary N) is 2. The van der Waals surface area contributed by atoms with Crippen molar-refractivity contribution in [1.29, 1.82) is 0 Å². The van der Waals surface area contributed by atoms with Crippen molar-refractivity contribution in [3.63, 3.8) is 0 Å². The highest BCUT2D eigenvalue weighted by atomic mass is 16.5. The van der Waals surface area contributed by atoms with Crippen molar-refractivity contribution in [2.24, 2.45) is 11.5 Å². The molecule has 0 aromatic heterocycles. The highest BCUT2D eigenvalue weighted by molar-refractivity contribution is 6.59. The minimum absolute atomic E-state index is 0.0327. The molecular formula is C19H39BN4O7. The fraction of sp³-hybridized carbons (Fsp3) is 0.842. The SMILES string of the molecule is CCOCCOCCNC(=O)COCCOCCN.[B]C(=O)[C@@H](N)CCCCNC=O. The quantitative estimate of drug-likeness (QED) is 0.0893. The van der Waals surface area contributed by atoms with Crippen LogP contribution in [-0.2, 0) is 33.3 Å². The number of carbonyl (C=O) groups is 3. The van der Waals surface area contributed by atoms with Crippen molar-refractivity contribution in [1.82, 2.24) is 10.6 Å². The van der Waals surface area contributed by atoms with Crippen LogP contribution >= 0.6 is 0 Å². The molecule has 0 aliphatic rings. The summed E-state index contributed by atoms with van der Waals surface area (Å²) in [7, 11) is 4.94. The van der Waals surface area contributed by atoms with Gasteiger partial charge in [0.2, 0.25) is 12.3 Å². The predicted molar refractivity (Wildman–Crippen MR) is 118 cm³/mol. The van der Waals surface area contributed by atoms with E-state index in [9.17, 15) is 14.4 Å². The van der Waals surface area contributed by atoms with Crippen molar-refractivity contribution in [3.8, 4) is 0 Å². The van der Waals surface area contributed by atoms with Crippen LogP contribution in [0, 0.1) is 0 Å². The van der Waals surface area contributed by atoms with Crippen LogP contribution < -0.4 is 22.1 Å². The zero-order valence-electron chi connectivity index (χ0n) is 18.6. The molecule has 0 rings (SSSR count). The zero-order chi connectivity index (χ0) is 23.6. The molecule has 0 aromatic carbocycles. The Hall–Kier alpha value is -1.57. The van der Waals surface area contributed by atoms with E-state index in [2.05, 4.69) is 10.6 Å². The number of carbonyl (C=O) groups excluding carboxylic acids is 3. The van der Waals surface area contributed by atoms with Crippen molar-refractivity contribution >= 4 is 25.8 Å². The second-order valence-electron chi connectivity index (χ2n) is 6.19. The summed E-state index contributed by atoms with van der Waals surface area (Å²) in [5.41, 5.74) is 10.1. The summed E-state index contributed by atoms with van der Waals surface area (Å²) in [6.45, 7) is 7.17. The van der Waals surface area contributed by atoms with Crippen LogP contribution in [-0.4, -0.2) is 104 Å². The van der Waals surface area contributed by atoms with Crippen molar-refractivity contribution in [2.45, 2.75) is 32.2 Å². The Morgan fingerprint density at radius 2 is 1.61 bits per heavy atom. The molecule has 0 saturated heterocycles. The third kappa shape index (κ3) is 28.4. The molecule has 0 spiro atoms. The fourth-order valence-electron chi connectivity index (χ4n) is 1.94. The Balaban J connectivity index is 0. The molecule has 0 fully saturated rings. The summed E-state index contributed by atoms with van der Waals surface area (Å²) >= 11 is 0. The molecule has 12 heteroatoms. The van der Waals surface area contributed by atoms with Crippen LogP contribution in [0.25, 0.3) is 0 Å². The topological polar surface area (TPSA) is 164 Å². The molecule has 0 heterocycles. The molecule has 0 aromatic rings. The number of unbranched alkanes of at least 4 members (excludes halogenated alkanes) is 1. The average Bonchev–Trinajstić information content (AvgIpc) is 2.75. The van der Waals surface area contributed by atoms with Gasteiger partial charge in [-0.15, -0.1) is 0 Å². The summed E-state index contributed by atoms with van der Waals surface area (Å²) in [6.07, 6.45) is 2.84. The molecule has 0 saturated carbocycles. The van der Waals surface area contributed by atoms with Crippen LogP contribution in [0.15, 0.2) is 0 Å². The molecular weight excluding hydrogens is 407 g/mol. The van der Waals surface area contributed by atoms with E-state index in [1.165, 1.54) is 0 Å². The Kier molecular flexibility index (Phi) is 27.0. The van der Waals surface area contributed by atoms with Gasteiger partial charge < -0.3 is 45.8 Å². The molecule has 1 atom stereocenters. The number of hydrogen-bond acceptors (Lipinski definition) is 9. The molecule has 11 nitrogen and oxygen atoms in total. The smallest absolute Gasteiger partial charge is 0.246 e. The maximum absolute atomic E-state index is 11.3. The molecule has 0 aliphatic carbocycles. The van der Waals surface area contributed by atoms with Gasteiger partial charge in [-0.2, -0.15) is 0 Å². The molecule has 2 amide bonds. The van der Waals surface area contributed by atoms with E-state index < -0.39 is 11.7 Å². The number of ether oxygens (including phenoxy) is 4. The first-order chi connectivity index (χ1) is 15.0. The summed E-state index contributed by atoms with van der Waals surface area (Å²) in [5, 5.41) is 5.20. The Morgan fingerprint density at radius 1 is 0.968 bits per heavy atom. The zero-order valence-corrected chi connectivity index (χ0v) is 18.6. The monoisotopic (exact) mass is 446 g/mol. The second kappa shape index (κ2) is 26.5. The van der Waals surface area contributed by atoms with Gasteiger partial charge in [-0.25, -0.2) is 0 Å². The van der Waals surface area contributed by atoms with Crippen molar-refractivity contribution in [3.05, 3.63) is 0 Å². The molecule has 2 radical (unpaired) electrons. The molecule has 0 unspecified atom stereocenters. The van der Waals surface area contributed by atoms with Crippen molar-refractivity contribution in [2.75, 3.05) is 72.5 Å². The van der Waals surface area contributed by atoms with Gasteiger partial charge in [0.25, 0.3) is 0 Å². The first-order valence-corrected chi connectivity index (χ1v) is 10.5. The molecule has 0 aliphatic heterocycles. The lowest BCUT2D eigenvalue weighted by Gasteiger charge is -2.07. The number of amides is 2. The third-order valence-electron chi connectivity index (χ3n) is 3.55. The molecule has 31 heavy (non-hydrogen) atoms. The van der Waals surface area contributed by atoms with Crippen LogP contribution in [0.2, 0.25) is 0 Å². The molecule has 0 bridgehead atoms. The summed E-state index contributed by atoms with van der Waals surface area (Å²) in [4.78, 5) is 31.5. The summed E-state index contributed by atoms with van der Waals surface area (Å²) < 4.78 is 20.6. The lowest BCUT2D eigenvalue weighted by molar-refractivity contribution is -0.126. The Bertz CT molecular complexity index is 434. The van der Waals surface area contributed by atoms with Gasteiger partial charge in [-0.3, -0.25) is 9.59 Å². The lowest BCUT2D eigenvalue weighted by atomic mass is 9.92. The third-order valence-corrected chi connectivity index (χ3v) is 3.55. The van der Waals surface area contributed by atoms with E-state index in [0.717, 1.165) is 12.8 Å². The normalized spacial score (nSPS) is 11.2. The first kappa shape index (κ1) is 31.6. The van der Waals surface area contributed by atoms with Gasteiger partial charge in [-0.1, -0.05) is 0 Å². The van der Waals surface area contributed by atoms with E-state index >= 15 is 0 Å². The fourth-order valence-corrected chi connectivity index (χ4v) is 1.94. The van der Waals surface area contributed by atoms with Gasteiger partial charge in [-0.05, 0) is 26.2 Å².